The molecule has 104 valence electrons. The van der Waals surface area contributed by atoms with Gasteiger partial charge in [0.25, 0.3) is 0 Å². The van der Waals surface area contributed by atoms with Crippen molar-refractivity contribution in [1.29, 1.82) is 0 Å². The van der Waals surface area contributed by atoms with Crippen LogP contribution in [0, 0.1) is 0 Å². The minimum Gasteiger partial charge on any atom is -0.388 e. The third-order valence-electron chi connectivity index (χ3n) is 2.49. The second-order valence-corrected chi connectivity index (χ2v) is 3.61. The largest absolute Gasteiger partial charge is 0.388 e. The van der Waals surface area contributed by atoms with Crippen LogP contribution in [0.25, 0.3) is 0 Å². The summed E-state index contributed by atoms with van der Waals surface area (Å²) in [6, 6.07) is 19.1. The standard InChI is InChI=1S/C14H15N.2C2H6/c1-15-14-9-7-13(8-10-14)11-12-5-3-2-4-6-12;2*1-2/h2-10,15H,11H2,1H3;2*1-2H3. The molecule has 2 aromatic rings. The lowest BCUT2D eigenvalue weighted by atomic mass is 10.1. The van der Waals surface area contributed by atoms with Gasteiger partial charge in [-0.25, -0.2) is 0 Å². The molecule has 0 spiro atoms. The zero-order chi connectivity index (χ0) is 14.5. The second kappa shape index (κ2) is 11.3. The van der Waals surface area contributed by atoms with Crippen LogP contribution in [-0.2, 0) is 6.42 Å². The summed E-state index contributed by atoms with van der Waals surface area (Å²) in [4.78, 5) is 0. The van der Waals surface area contributed by atoms with Gasteiger partial charge in [-0.2, -0.15) is 0 Å². The van der Waals surface area contributed by atoms with Crippen molar-refractivity contribution < 1.29 is 0 Å². The molecule has 2 aromatic carbocycles. The molecular formula is C18H27N. The third-order valence-corrected chi connectivity index (χ3v) is 2.49. The predicted octanol–water partition coefficient (Wildman–Crippen LogP) is 5.37. The number of hydrogen-bond donors (Lipinski definition) is 1. The van der Waals surface area contributed by atoms with Crippen LogP contribution in [0.2, 0.25) is 0 Å². The van der Waals surface area contributed by atoms with E-state index in [1.165, 1.54) is 11.1 Å². The Labute approximate surface area is 118 Å². The summed E-state index contributed by atoms with van der Waals surface area (Å²) in [7, 11) is 1.94. The molecule has 0 saturated heterocycles. The first-order valence-corrected chi connectivity index (χ1v) is 7.19. The quantitative estimate of drug-likeness (QED) is 0.779. The molecule has 1 nitrogen and oxygen atoms in total. The van der Waals surface area contributed by atoms with Crippen molar-refractivity contribution in [2.75, 3.05) is 12.4 Å². The summed E-state index contributed by atoms with van der Waals surface area (Å²) in [5.74, 6) is 0. The normalized spacial score (nSPS) is 8.47. The van der Waals surface area contributed by atoms with Crippen LogP contribution in [0.1, 0.15) is 38.8 Å². The van der Waals surface area contributed by atoms with E-state index in [2.05, 4.69) is 53.8 Å². The Hall–Kier alpha value is -1.76. The van der Waals surface area contributed by atoms with E-state index >= 15 is 0 Å². The zero-order valence-corrected chi connectivity index (χ0v) is 12.9. The maximum atomic E-state index is 3.12. The van der Waals surface area contributed by atoms with Crippen molar-refractivity contribution >= 4 is 5.69 Å². The smallest absolute Gasteiger partial charge is 0.0337 e. The van der Waals surface area contributed by atoms with Gasteiger partial charge in [0.2, 0.25) is 0 Å². The van der Waals surface area contributed by atoms with Crippen molar-refractivity contribution in [2.45, 2.75) is 34.1 Å². The zero-order valence-electron chi connectivity index (χ0n) is 12.9. The minimum absolute atomic E-state index is 1.00. The van der Waals surface area contributed by atoms with Gasteiger partial charge in [-0.1, -0.05) is 70.2 Å². The summed E-state index contributed by atoms with van der Waals surface area (Å²) in [6.07, 6.45) is 1.00. The Morgan fingerprint density at radius 1 is 0.684 bits per heavy atom. The van der Waals surface area contributed by atoms with E-state index in [0.717, 1.165) is 12.1 Å². The lowest BCUT2D eigenvalue weighted by Crippen LogP contribution is -1.90. The third kappa shape index (κ3) is 6.66. The van der Waals surface area contributed by atoms with E-state index in [-0.39, 0.29) is 0 Å². The predicted molar refractivity (Wildman–Crippen MR) is 87.9 cm³/mol. The topological polar surface area (TPSA) is 12.0 Å². The maximum Gasteiger partial charge on any atom is 0.0337 e. The van der Waals surface area contributed by atoms with Gasteiger partial charge in [-0.15, -0.1) is 0 Å². The van der Waals surface area contributed by atoms with Crippen LogP contribution in [-0.4, -0.2) is 7.05 Å². The highest BCUT2D eigenvalue weighted by Gasteiger charge is 1.95. The molecular weight excluding hydrogens is 230 g/mol. The van der Waals surface area contributed by atoms with Crippen molar-refractivity contribution in [1.82, 2.24) is 0 Å². The highest BCUT2D eigenvalue weighted by Crippen LogP contribution is 2.12. The molecule has 1 heteroatoms. The maximum absolute atomic E-state index is 3.12. The second-order valence-electron chi connectivity index (χ2n) is 3.61. The molecule has 0 unspecified atom stereocenters. The lowest BCUT2D eigenvalue weighted by molar-refractivity contribution is 1.19. The van der Waals surface area contributed by atoms with E-state index in [9.17, 15) is 0 Å². The van der Waals surface area contributed by atoms with Crippen molar-refractivity contribution in [2.24, 2.45) is 0 Å². The first-order valence-electron chi connectivity index (χ1n) is 7.19. The monoisotopic (exact) mass is 257 g/mol. The van der Waals surface area contributed by atoms with Gasteiger partial charge in [0.15, 0.2) is 0 Å². The number of rotatable bonds is 3. The SMILES string of the molecule is CC.CC.CNc1ccc(Cc2ccccc2)cc1. The molecule has 0 aliphatic carbocycles. The summed E-state index contributed by atoms with van der Waals surface area (Å²) < 4.78 is 0. The van der Waals surface area contributed by atoms with Crippen LogP contribution in [0.5, 0.6) is 0 Å². The van der Waals surface area contributed by atoms with Gasteiger partial charge in [-0.05, 0) is 29.7 Å². The van der Waals surface area contributed by atoms with Gasteiger partial charge in [0.1, 0.15) is 0 Å². The number of nitrogens with one attached hydrogen (secondary N) is 1. The van der Waals surface area contributed by atoms with Gasteiger partial charge < -0.3 is 5.32 Å². The molecule has 0 fully saturated rings. The first-order chi connectivity index (χ1) is 9.38. The molecule has 0 aromatic heterocycles. The summed E-state index contributed by atoms with van der Waals surface area (Å²) in [5, 5.41) is 3.12. The van der Waals surface area contributed by atoms with Crippen LogP contribution < -0.4 is 5.32 Å². The lowest BCUT2D eigenvalue weighted by Gasteiger charge is -2.03. The number of benzene rings is 2. The molecule has 1 N–H and O–H groups in total. The van der Waals surface area contributed by atoms with E-state index in [1.54, 1.807) is 0 Å². The summed E-state index contributed by atoms with van der Waals surface area (Å²) >= 11 is 0. The molecule has 0 bridgehead atoms. The fraction of sp³-hybridized carbons (Fsp3) is 0.333. The molecule has 0 amide bonds. The van der Waals surface area contributed by atoms with Crippen LogP contribution >= 0.6 is 0 Å². The molecule has 2 rings (SSSR count). The van der Waals surface area contributed by atoms with E-state index < -0.39 is 0 Å². The average molecular weight is 257 g/mol. The Bertz CT molecular complexity index is 403. The molecule has 19 heavy (non-hydrogen) atoms. The van der Waals surface area contributed by atoms with E-state index in [4.69, 9.17) is 0 Å². The van der Waals surface area contributed by atoms with Crippen molar-refractivity contribution in [3.63, 3.8) is 0 Å². The Morgan fingerprint density at radius 3 is 1.63 bits per heavy atom. The van der Waals surface area contributed by atoms with Crippen LogP contribution in [0.4, 0.5) is 5.69 Å². The fourth-order valence-electron chi connectivity index (χ4n) is 1.62. The first kappa shape index (κ1) is 17.2. The number of anilines is 1. The van der Waals surface area contributed by atoms with E-state index in [1.807, 2.05) is 40.8 Å². The van der Waals surface area contributed by atoms with Gasteiger partial charge in [0, 0.05) is 12.7 Å². The fourth-order valence-corrected chi connectivity index (χ4v) is 1.62. The van der Waals surface area contributed by atoms with Gasteiger partial charge in [-0.3, -0.25) is 0 Å². The van der Waals surface area contributed by atoms with Gasteiger partial charge >= 0.3 is 0 Å². The van der Waals surface area contributed by atoms with Crippen molar-refractivity contribution in [3.8, 4) is 0 Å². The van der Waals surface area contributed by atoms with Crippen LogP contribution in [0.15, 0.2) is 54.6 Å². The summed E-state index contributed by atoms with van der Waals surface area (Å²) in [6.45, 7) is 8.00. The Morgan fingerprint density at radius 2 is 1.16 bits per heavy atom. The summed E-state index contributed by atoms with van der Waals surface area (Å²) in [5.41, 5.74) is 3.86. The molecule has 0 aliphatic heterocycles. The highest BCUT2D eigenvalue weighted by molar-refractivity contribution is 5.44. The molecule has 0 atom stereocenters. The Balaban J connectivity index is 0.000000741. The molecule has 0 radical (unpaired) electrons. The van der Waals surface area contributed by atoms with Gasteiger partial charge in [0.05, 0.1) is 0 Å². The highest BCUT2D eigenvalue weighted by atomic mass is 14.8. The molecule has 0 aliphatic rings. The molecule has 0 heterocycles. The Kier molecular flexibility index (Phi) is 10.3. The average Bonchev–Trinajstić information content (AvgIpc) is 2.53. The minimum atomic E-state index is 1.00. The van der Waals surface area contributed by atoms with E-state index in [0.29, 0.717) is 0 Å². The molecule has 0 saturated carbocycles. The van der Waals surface area contributed by atoms with Crippen molar-refractivity contribution in [3.05, 3.63) is 65.7 Å². The van der Waals surface area contributed by atoms with Crippen LogP contribution in [0.3, 0.4) is 0 Å². The number of hydrogen-bond acceptors (Lipinski definition) is 1.